The molecule has 2 aliphatic rings. The summed E-state index contributed by atoms with van der Waals surface area (Å²) in [6.07, 6.45) is 5.09. The van der Waals surface area contributed by atoms with Crippen LogP contribution in [0.4, 0.5) is 5.82 Å². The zero-order valence-electron chi connectivity index (χ0n) is 12.2. The Morgan fingerprint density at radius 2 is 1.76 bits per heavy atom. The SMILES string of the molecule is O=S(=O)(c1cccnc1N1CCCCC1)N1CCNCC1. The molecule has 0 radical (unpaired) electrons. The van der Waals surface area contributed by atoms with Crippen molar-refractivity contribution in [1.82, 2.24) is 14.6 Å². The second-order valence-electron chi connectivity index (χ2n) is 5.53. The highest BCUT2D eigenvalue weighted by atomic mass is 32.2. The molecule has 0 unspecified atom stereocenters. The maximum Gasteiger partial charge on any atom is 0.246 e. The highest BCUT2D eigenvalue weighted by molar-refractivity contribution is 7.89. The average Bonchev–Trinajstić information content (AvgIpc) is 2.56. The van der Waals surface area contributed by atoms with Crippen molar-refractivity contribution >= 4 is 15.8 Å². The third kappa shape index (κ3) is 3.04. The first-order valence-corrected chi connectivity index (χ1v) is 9.04. The van der Waals surface area contributed by atoms with Crippen LogP contribution in [0.2, 0.25) is 0 Å². The first kappa shape index (κ1) is 14.7. The number of nitrogens with one attached hydrogen (secondary N) is 1. The average molecular weight is 310 g/mol. The molecule has 0 amide bonds. The molecule has 2 aliphatic heterocycles. The fourth-order valence-electron chi connectivity index (χ4n) is 2.95. The monoisotopic (exact) mass is 310 g/mol. The van der Waals surface area contributed by atoms with Gasteiger partial charge in [0.05, 0.1) is 0 Å². The summed E-state index contributed by atoms with van der Waals surface area (Å²) in [5, 5.41) is 3.18. The van der Waals surface area contributed by atoms with Crippen LogP contribution in [0.15, 0.2) is 23.2 Å². The molecule has 2 fully saturated rings. The molecule has 6 nitrogen and oxygen atoms in total. The predicted molar refractivity (Wildman–Crippen MR) is 81.9 cm³/mol. The molecule has 0 spiro atoms. The Morgan fingerprint density at radius 1 is 1.05 bits per heavy atom. The van der Waals surface area contributed by atoms with Gasteiger partial charge in [0, 0.05) is 45.5 Å². The number of hydrogen-bond donors (Lipinski definition) is 1. The molecule has 0 aromatic carbocycles. The summed E-state index contributed by atoms with van der Waals surface area (Å²) < 4.78 is 27.3. The van der Waals surface area contributed by atoms with Crippen molar-refractivity contribution in [1.29, 1.82) is 0 Å². The second-order valence-corrected chi connectivity index (χ2v) is 7.43. The summed E-state index contributed by atoms with van der Waals surface area (Å²) in [5.74, 6) is 0.621. The summed E-state index contributed by atoms with van der Waals surface area (Å²) in [4.78, 5) is 6.83. The van der Waals surface area contributed by atoms with E-state index >= 15 is 0 Å². The first-order valence-electron chi connectivity index (χ1n) is 7.60. The molecule has 1 N–H and O–H groups in total. The number of sulfonamides is 1. The summed E-state index contributed by atoms with van der Waals surface area (Å²) in [7, 11) is -3.45. The number of piperidine rings is 1. The van der Waals surface area contributed by atoms with Crippen molar-refractivity contribution in [2.24, 2.45) is 0 Å². The van der Waals surface area contributed by atoms with Gasteiger partial charge in [-0.3, -0.25) is 0 Å². The lowest BCUT2D eigenvalue weighted by molar-refractivity contribution is 0.360. The van der Waals surface area contributed by atoms with Crippen LogP contribution in [-0.2, 0) is 10.0 Å². The number of piperazine rings is 1. The molecule has 0 saturated carbocycles. The number of rotatable bonds is 3. The minimum atomic E-state index is -3.45. The molecule has 21 heavy (non-hydrogen) atoms. The Morgan fingerprint density at radius 3 is 2.48 bits per heavy atom. The maximum absolute atomic E-state index is 12.9. The van der Waals surface area contributed by atoms with E-state index in [4.69, 9.17) is 0 Å². The molecule has 0 bridgehead atoms. The molecule has 3 rings (SSSR count). The largest absolute Gasteiger partial charge is 0.355 e. The molecule has 7 heteroatoms. The van der Waals surface area contributed by atoms with Crippen LogP contribution in [0.3, 0.4) is 0 Å². The van der Waals surface area contributed by atoms with E-state index in [1.165, 1.54) is 6.42 Å². The Labute approximate surface area is 126 Å². The molecular weight excluding hydrogens is 288 g/mol. The number of aromatic nitrogens is 1. The van der Waals surface area contributed by atoms with Crippen LogP contribution in [0.5, 0.6) is 0 Å². The summed E-state index contributed by atoms with van der Waals surface area (Å²) >= 11 is 0. The van der Waals surface area contributed by atoms with Crippen molar-refractivity contribution in [2.45, 2.75) is 24.2 Å². The zero-order chi connectivity index (χ0) is 14.7. The minimum absolute atomic E-state index is 0.355. The molecule has 0 atom stereocenters. The van der Waals surface area contributed by atoms with Gasteiger partial charge < -0.3 is 10.2 Å². The number of pyridine rings is 1. The van der Waals surface area contributed by atoms with Gasteiger partial charge in [0.2, 0.25) is 10.0 Å². The van der Waals surface area contributed by atoms with Crippen molar-refractivity contribution in [2.75, 3.05) is 44.2 Å². The normalized spacial score (nSPS) is 21.4. The quantitative estimate of drug-likeness (QED) is 0.889. The van der Waals surface area contributed by atoms with Crippen LogP contribution in [-0.4, -0.2) is 57.0 Å². The van der Waals surface area contributed by atoms with E-state index in [9.17, 15) is 8.42 Å². The summed E-state index contributed by atoms with van der Waals surface area (Å²) in [5.41, 5.74) is 0. The van der Waals surface area contributed by atoms with Crippen molar-refractivity contribution < 1.29 is 8.42 Å². The van der Waals surface area contributed by atoms with Crippen LogP contribution < -0.4 is 10.2 Å². The lowest BCUT2D eigenvalue weighted by Gasteiger charge is -2.31. The molecular formula is C14H22N4O2S. The molecule has 1 aromatic heterocycles. The van der Waals surface area contributed by atoms with Gasteiger partial charge in [-0.1, -0.05) is 0 Å². The number of nitrogens with zero attached hydrogens (tertiary/aromatic N) is 3. The second kappa shape index (κ2) is 6.29. The van der Waals surface area contributed by atoms with Gasteiger partial charge in [-0.15, -0.1) is 0 Å². The van der Waals surface area contributed by atoms with Crippen LogP contribution in [0.25, 0.3) is 0 Å². The molecule has 3 heterocycles. The van der Waals surface area contributed by atoms with Gasteiger partial charge in [0.25, 0.3) is 0 Å². The van der Waals surface area contributed by atoms with Crippen molar-refractivity contribution in [3.63, 3.8) is 0 Å². The van der Waals surface area contributed by atoms with Gasteiger partial charge in [-0.2, -0.15) is 4.31 Å². The Bertz CT molecular complexity index is 578. The third-order valence-corrected chi connectivity index (χ3v) is 6.02. The van der Waals surface area contributed by atoms with E-state index in [1.54, 1.807) is 22.6 Å². The van der Waals surface area contributed by atoms with Gasteiger partial charge in [0.1, 0.15) is 10.7 Å². The zero-order valence-corrected chi connectivity index (χ0v) is 13.0. The Hall–Kier alpha value is -1.18. The smallest absolute Gasteiger partial charge is 0.246 e. The molecule has 2 saturated heterocycles. The van der Waals surface area contributed by atoms with Crippen molar-refractivity contribution in [3.05, 3.63) is 18.3 Å². The minimum Gasteiger partial charge on any atom is -0.355 e. The molecule has 1 aromatic rings. The Kier molecular flexibility index (Phi) is 4.42. The van der Waals surface area contributed by atoms with Gasteiger partial charge in [-0.05, 0) is 31.4 Å². The fourth-order valence-corrected chi connectivity index (χ4v) is 4.56. The summed E-state index contributed by atoms with van der Waals surface area (Å²) in [6.45, 7) is 4.24. The number of hydrogen-bond acceptors (Lipinski definition) is 5. The maximum atomic E-state index is 12.9. The third-order valence-electron chi connectivity index (χ3n) is 4.10. The lowest BCUT2D eigenvalue weighted by atomic mass is 10.1. The Balaban J connectivity index is 1.93. The lowest BCUT2D eigenvalue weighted by Crippen LogP contribution is -2.46. The van der Waals surface area contributed by atoms with Crippen LogP contribution >= 0.6 is 0 Å². The van der Waals surface area contributed by atoms with E-state index < -0.39 is 10.0 Å². The number of anilines is 1. The van der Waals surface area contributed by atoms with Gasteiger partial charge in [-0.25, -0.2) is 13.4 Å². The predicted octanol–water partition coefficient (Wildman–Crippen LogP) is 0.666. The molecule has 0 aliphatic carbocycles. The highest BCUT2D eigenvalue weighted by Crippen LogP contribution is 2.27. The topological polar surface area (TPSA) is 65.5 Å². The van der Waals surface area contributed by atoms with E-state index in [0.717, 1.165) is 25.9 Å². The fraction of sp³-hybridized carbons (Fsp3) is 0.643. The van der Waals surface area contributed by atoms with E-state index in [-0.39, 0.29) is 0 Å². The van der Waals surface area contributed by atoms with Crippen LogP contribution in [0, 0.1) is 0 Å². The van der Waals surface area contributed by atoms with E-state index in [1.807, 2.05) is 0 Å². The highest BCUT2D eigenvalue weighted by Gasteiger charge is 2.30. The van der Waals surface area contributed by atoms with Crippen molar-refractivity contribution in [3.8, 4) is 0 Å². The van der Waals surface area contributed by atoms with E-state index in [0.29, 0.717) is 36.9 Å². The standard InChI is InChI=1S/C14H22N4O2S/c19-21(20,18-11-7-15-8-12-18)13-5-4-6-16-14(13)17-9-2-1-3-10-17/h4-6,15H,1-3,7-12H2. The molecule has 116 valence electrons. The summed E-state index contributed by atoms with van der Waals surface area (Å²) in [6, 6.07) is 3.40. The van der Waals surface area contributed by atoms with E-state index in [2.05, 4.69) is 15.2 Å². The first-order chi connectivity index (χ1) is 10.2. The van der Waals surface area contributed by atoms with Gasteiger partial charge >= 0.3 is 0 Å². The van der Waals surface area contributed by atoms with Gasteiger partial charge in [0.15, 0.2) is 0 Å². The van der Waals surface area contributed by atoms with Crippen LogP contribution in [0.1, 0.15) is 19.3 Å².